The first-order valence-electron chi connectivity index (χ1n) is 4.17. The molecule has 3 heteroatoms. The van der Waals surface area contributed by atoms with Crippen molar-refractivity contribution in [2.75, 3.05) is 11.0 Å². The van der Waals surface area contributed by atoms with Crippen molar-refractivity contribution in [1.82, 2.24) is 0 Å². The van der Waals surface area contributed by atoms with Gasteiger partial charge in [0.05, 0.1) is 6.61 Å². The molecule has 0 aliphatic carbocycles. The van der Waals surface area contributed by atoms with Crippen molar-refractivity contribution < 1.29 is 9.53 Å². The number of rotatable bonds is 6. The van der Waals surface area contributed by atoms with Crippen LogP contribution in [-0.4, -0.2) is 17.0 Å². The second kappa shape index (κ2) is 9.03. The SMILES string of the molecule is CCOC(=O)CCC/C=C\CI. The van der Waals surface area contributed by atoms with Crippen LogP contribution in [0, 0.1) is 0 Å². The third-order valence-electron chi connectivity index (χ3n) is 1.31. The van der Waals surface area contributed by atoms with Crippen LogP contribution in [0.2, 0.25) is 0 Å². The van der Waals surface area contributed by atoms with Crippen LogP contribution in [0.1, 0.15) is 26.2 Å². The molecule has 0 amide bonds. The van der Waals surface area contributed by atoms with Crippen LogP contribution in [0.4, 0.5) is 0 Å². The summed E-state index contributed by atoms with van der Waals surface area (Å²) in [6.45, 7) is 2.32. The van der Waals surface area contributed by atoms with Crippen LogP contribution in [0.25, 0.3) is 0 Å². The van der Waals surface area contributed by atoms with Crippen LogP contribution in [0.5, 0.6) is 0 Å². The van der Waals surface area contributed by atoms with E-state index in [2.05, 4.69) is 34.7 Å². The van der Waals surface area contributed by atoms with Gasteiger partial charge >= 0.3 is 5.97 Å². The molecule has 2 nitrogen and oxygen atoms in total. The second-order valence-corrected chi connectivity index (χ2v) is 3.20. The summed E-state index contributed by atoms with van der Waals surface area (Å²) in [7, 11) is 0. The predicted molar refractivity (Wildman–Crippen MR) is 58.5 cm³/mol. The predicted octanol–water partition coefficient (Wildman–Crippen LogP) is 2.71. The van der Waals surface area contributed by atoms with Gasteiger partial charge in [-0.05, 0) is 19.8 Å². The van der Waals surface area contributed by atoms with Gasteiger partial charge in [0.1, 0.15) is 0 Å². The summed E-state index contributed by atoms with van der Waals surface area (Å²) in [5, 5.41) is 0. The minimum Gasteiger partial charge on any atom is -0.466 e. The minimum atomic E-state index is -0.0830. The minimum absolute atomic E-state index is 0.0830. The molecule has 0 spiro atoms. The van der Waals surface area contributed by atoms with E-state index in [1.54, 1.807) is 0 Å². The van der Waals surface area contributed by atoms with Crippen molar-refractivity contribution in [2.45, 2.75) is 26.2 Å². The van der Waals surface area contributed by atoms with E-state index < -0.39 is 0 Å². The average molecular weight is 282 g/mol. The molecule has 12 heavy (non-hydrogen) atoms. The Morgan fingerprint density at radius 1 is 1.50 bits per heavy atom. The van der Waals surface area contributed by atoms with Gasteiger partial charge in [-0.2, -0.15) is 0 Å². The molecule has 0 bridgehead atoms. The molecular formula is C9H15IO2. The van der Waals surface area contributed by atoms with Crippen LogP contribution in [-0.2, 0) is 9.53 Å². The van der Waals surface area contributed by atoms with E-state index in [0.717, 1.165) is 17.3 Å². The maximum atomic E-state index is 10.8. The van der Waals surface area contributed by atoms with Gasteiger partial charge in [-0.15, -0.1) is 0 Å². The number of hydrogen-bond acceptors (Lipinski definition) is 2. The summed E-state index contributed by atoms with van der Waals surface area (Å²) in [5.41, 5.74) is 0. The Bertz CT molecular complexity index is 143. The van der Waals surface area contributed by atoms with E-state index in [4.69, 9.17) is 4.74 Å². The fraction of sp³-hybridized carbons (Fsp3) is 0.667. The third-order valence-corrected chi connectivity index (χ3v) is 1.82. The average Bonchev–Trinajstić information content (AvgIpc) is 2.05. The lowest BCUT2D eigenvalue weighted by Crippen LogP contribution is -2.02. The monoisotopic (exact) mass is 282 g/mol. The maximum absolute atomic E-state index is 10.8. The smallest absolute Gasteiger partial charge is 0.305 e. The highest BCUT2D eigenvalue weighted by molar-refractivity contribution is 14.1. The van der Waals surface area contributed by atoms with Crippen molar-refractivity contribution in [1.29, 1.82) is 0 Å². The van der Waals surface area contributed by atoms with E-state index in [-0.39, 0.29) is 5.97 Å². The van der Waals surface area contributed by atoms with Crippen LogP contribution >= 0.6 is 22.6 Å². The molecule has 0 saturated carbocycles. The highest BCUT2D eigenvalue weighted by atomic mass is 127. The molecular weight excluding hydrogens is 267 g/mol. The highest BCUT2D eigenvalue weighted by Crippen LogP contribution is 1.99. The van der Waals surface area contributed by atoms with E-state index in [1.165, 1.54) is 0 Å². The number of esters is 1. The Kier molecular flexibility index (Phi) is 8.99. The quantitative estimate of drug-likeness (QED) is 0.246. The second-order valence-electron chi connectivity index (χ2n) is 2.32. The molecule has 0 aromatic rings. The number of ether oxygens (including phenoxy) is 1. The van der Waals surface area contributed by atoms with Crippen LogP contribution < -0.4 is 0 Å². The topological polar surface area (TPSA) is 26.3 Å². The molecule has 70 valence electrons. The Labute approximate surface area is 87.5 Å². The zero-order valence-corrected chi connectivity index (χ0v) is 9.54. The number of allylic oxidation sites excluding steroid dienone is 2. The molecule has 0 aliphatic heterocycles. The molecule has 0 atom stereocenters. The molecule has 0 aromatic heterocycles. The molecule has 0 rings (SSSR count). The summed E-state index contributed by atoms with van der Waals surface area (Å²) < 4.78 is 5.82. The number of carbonyl (C=O) groups is 1. The normalized spacial score (nSPS) is 10.5. The lowest BCUT2D eigenvalue weighted by atomic mass is 10.2. The third kappa shape index (κ3) is 8.04. The lowest BCUT2D eigenvalue weighted by Gasteiger charge is -1.98. The molecule has 0 heterocycles. The molecule has 0 fully saturated rings. The summed E-state index contributed by atoms with van der Waals surface area (Å²) in [4.78, 5) is 10.8. The molecule has 0 aromatic carbocycles. The first kappa shape index (κ1) is 11.9. The Morgan fingerprint density at radius 3 is 2.83 bits per heavy atom. The summed E-state index contributed by atoms with van der Waals surface area (Å²) in [5.74, 6) is -0.0830. The molecule has 0 N–H and O–H groups in total. The van der Waals surface area contributed by atoms with Gasteiger partial charge in [-0.3, -0.25) is 4.79 Å². The molecule has 0 aliphatic rings. The largest absolute Gasteiger partial charge is 0.466 e. The van der Waals surface area contributed by atoms with Gasteiger partial charge in [0.25, 0.3) is 0 Å². The van der Waals surface area contributed by atoms with Gasteiger partial charge in [0.15, 0.2) is 0 Å². The van der Waals surface area contributed by atoms with Gasteiger partial charge in [0.2, 0.25) is 0 Å². The van der Waals surface area contributed by atoms with Gasteiger partial charge in [-0.25, -0.2) is 0 Å². The fourth-order valence-corrected chi connectivity index (χ4v) is 1.14. The van der Waals surface area contributed by atoms with Crippen molar-refractivity contribution in [3.63, 3.8) is 0 Å². The van der Waals surface area contributed by atoms with E-state index in [0.29, 0.717) is 13.0 Å². The number of halogens is 1. The van der Waals surface area contributed by atoms with Crippen LogP contribution in [0.15, 0.2) is 12.2 Å². The standard InChI is InChI=1S/C9H15IO2/c1-2-12-9(11)7-5-3-4-6-8-10/h4,6H,2-3,5,7-8H2,1H3/b6-4-. The Morgan fingerprint density at radius 2 is 2.25 bits per heavy atom. The molecule has 0 saturated heterocycles. The molecule has 0 unspecified atom stereocenters. The lowest BCUT2D eigenvalue weighted by molar-refractivity contribution is -0.143. The van der Waals surface area contributed by atoms with Crippen molar-refractivity contribution in [2.24, 2.45) is 0 Å². The van der Waals surface area contributed by atoms with Crippen LogP contribution in [0.3, 0.4) is 0 Å². The first-order chi connectivity index (χ1) is 5.81. The number of carbonyl (C=O) groups excluding carboxylic acids is 1. The number of alkyl halides is 1. The Balaban J connectivity index is 3.19. The summed E-state index contributed by atoms with van der Waals surface area (Å²) in [6, 6.07) is 0. The van der Waals surface area contributed by atoms with E-state index >= 15 is 0 Å². The van der Waals surface area contributed by atoms with Crippen molar-refractivity contribution in [3.8, 4) is 0 Å². The Hall–Kier alpha value is -0.0600. The molecule has 0 radical (unpaired) electrons. The van der Waals surface area contributed by atoms with Gasteiger partial charge < -0.3 is 4.74 Å². The summed E-state index contributed by atoms with van der Waals surface area (Å²) >= 11 is 2.29. The zero-order chi connectivity index (χ0) is 9.23. The number of hydrogen-bond donors (Lipinski definition) is 0. The van der Waals surface area contributed by atoms with Gasteiger partial charge in [0, 0.05) is 10.8 Å². The number of unbranched alkanes of at least 4 members (excludes halogenated alkanes) is 1. The van der Waals surface area contributed by atoms with E-state index in [1.807, 2.05) is 6.92 Å². The summed E-state index contributed by atoms with van der Waals surface area (Å²) in [6.07, 6.45) is 6.62. The zero-order valence-electron chi connectivity index (χ0n) is 7.38. The maximum Gasteiger partial charge on any atom is 0.305 e. The van der Waals surface area contributed by atoms with E-state index in [9.17, 15) is 4.79 Å². The van der Waals surface area contributed by atoms with Crippen molar-refractivity contribution >= 4 is 28.6 Å². The van der Waals surface area contributed by atoms with Gasteiger partial charge in [-0.1, -0.05) is 34.7 Å². The van der Waals surface area contributed by atoms with Crippen molar-refractivity contribution in [3.05, 3.63) is 12.2 Å². The fourth-order valence-electron chi connectivity index (χ4n) is 0.778. The highest BCUT2D eigenvalue weighted by Gasteiger charge is 1.98. The first-order valence-corrected chi connectivity index (χ1v) is 5.70.